The highest BCUT2D eigenvalue weighted by molar-refractivity contribution is 6.05. The molecule has 0 radical (unpaired) electrons. The van der Waals surface area contributed by atoms with Gasteiger partial charge in [0, 0.05) is 25.0 Å². The maximum atomic E-state index is 13.2. The van der Waals surface area contributed by atoms with Gasteiger partial charge in [-0.15, -0.1) is 0 Å². The molecule has 0 saturated carbocycles. The smallest absolute Gasteiger partial charge is 0.240 e. The monoisotopic (exact) mass is 342 g/mol. The van der Waals surface area contributed by atoms with Crippen molar-refractivity contribution in [1.82, 2.24) is 5.01 Å². The molecule has 3 rings (SSSR count). The number of benzene rings is 2. The van der Waals surface area contributed by atoms with Crippen LogP contribution in [0.4, 0.5) is 4.39 Å². The van der Waals surface area contributed by atoms with E-state index in [2.05, 4.69) is 5.10 Å². The van der Waals surface area contributed by atoms with Gasteiger partial charge in [0.05, 0.1) is 26.0 Å². The van der Waals surface area contributed by atoms with Crippen molar-refractivity contribution < 1.29 is 18.7 Å². The summed E-state index contributed by atoms with van der Waals surface area (Å²) in [7, 11) is 3.16. The lowest BCUT2D eigenvalue weighted by Gasteiger charge is -2.20. The fourth-order valence-electron chi connectivity index (χ4n) is 2.94. The third-order valence-corrected chi connectivity index (χ3v) is 4.21. The summed E-state index contributed by atoms with van der Waals surface area (Å²) in [6.07, 6.45) is 0.522. The van der Waals surface area contributed by atoms with Gasteiger partial charge in [-0.05, 0) is 29.8 Å². The zero-order chi connectivity index (χ0) is 18.0. The summed E-state index contributed by atoms with van der Waals surface area (Å²) >= 11 is 0. The highest BCUT2D eigenvalue weighted by Crippen LogP contribution is 2.36. The fraction of sp³-hybridized carbons (Fsp3) is 0.263. The van der Waals surface area contributed by atoms with Crippen molar-refractivity contribution in [1.29, 1.82) is 0 Å². The summed E-state index contributed by atoms with van der Waals surface area (Å²) in [6.45, 7) is 1.47. The summed E-state index contributed by atoms with van der Waals surface area (Å²) < 4.78 is 23.9. The number of hydrogen-bond donors (Lipinski definition) is 0. The Balaban J connectivity index is 1.97. The van der Waals surface area contributed by atoms with E-state index in [0.717, 1.165) is 16.8 Å². The molecule has 0 bridgehead atoms. The van der Waals surface area contributed by atoms with E-state index in [9.17, 15) is 9.18 Å². The molecule has 5 nitrogen and oxygen atoms in total. The molecule has 25 heavy (non-hydrogen) atoms. The molecule has 0 fully saturated rings. The molecule has 1 amide bonds. The molecule has 1 aliphatic rings. The largest absolute Gasteiger partial charge is 0.497 e. The number of ether oxygens (including phenoxy) is 2. The Morgan fingerprint density at radius 3 is 2.48 bits per heavy atom. The van der Waals surface area contributed by atoms with Crippen LogP contribution in [-0.2, 0) is 4.79 Å². The third-order valence-electron chi connectivity index (χ3n) is 4.21. The Kier molecular flexibility index (Phi) is 4.70. The second-order valence-corrected chi connectivity index (χ2v) is 5.75. The molecule has 0 spiro atoms. The van der Waals surface area contributed by atoms with Crippen molar-refractivity contribution in [2.75, 3.05) is 14.2 Å². The third kappa shape index (κ3) is 3.33. The van der Waals surface area contributed by atoms with Gasteiger partial charge in [0.1, 0.15) is 17.3 Å². The summed E-state index contributed by atoms with van der Waals surface area (Å²) in [6, 6.07) is 11.3. The summed E-state index contributed by atoms with van der Waals surface area (Å²) in [5.41, 5.74) is 2.38. The van der Waals surface area contributed by atoms with E-state index in [1.54, 1.807) is 32.4 Å². The van der Waals surface area contributed by atoms with Gasteiger partial charge in [0.25, 0.3) is 0 Å². The second-order valence-electron chi connectivity index (χ2n) is 5.75. The molecule has 1 aliphatic heterocycles. The van der Waals surface area contributed by atoms with Gasteiger partial charge in [-0.1, -0.05) is 12.1 Å². The van der Waals surface area contributed by atoms with Gasteiger partial charge in [0.15, 0.2) is 0 Å². The van der Waals surface area contributed by atoms with E-state index in [4.69, 9.17) is 9.47 Å². The van der Waals surface area contributed by atoms with Crippen molar-refractivity contribution in [3.63, 3.8) is 0 Å². The summed E-state index contributed by atoms with van der Waals surface area (Å²) in [5.74, 6) is 0.824. The lowest BCUT2D eigenvalue weighted by atomic mass is 9.98. The zero-order valence-corrected chi connectivity index (χ0v) is 14.3. The van der Waals surface area contributed by atoms with Gasteiger partial charge < -0.3 is 9.47 Å². The number of carbonyl (C=O) groups is 1. The Labute approximate surface area is 145 Å². The van der Waals surface area contributed by atoms with E-state index >= 15 is 0 Å². The van der Waals surface area contributed by atoms with Crippen LogP contribution in [0.15, 0.2) is 47.6 Å². The molecule has 0 unspecified atom stereocenters. The number of halogens is 1. The van der Waals surface area contributed by atoms with Crippen molar-refractivity contribution in [3.05, 3.63) is 59.4 Å². The van der Waals surface area contributed by atoms with Crippen molar-refractivity contribution >= 4 is 11.6 Å². The number of hydrazone groups is 1. The van der Waals surface area contributed by atoms with Gasteiger partial charge in [0.2, 0.25) is 5.91 Å². The molecule has 0 N–H and O–H groups in total. The minimum absolute atomic E-state index is 0.170. The van der Waals surface area contributed by atoms with Gasteiger partial charge >= 0.3 is 0 Å². The van der Waals surface area contributed by atoms with E-state index < -0.39 is 0 Å². The van der Waals surface area contributed by atoms with Crippen molar-refractivity contribution in [3.8, 4) is 11.5 Å². The average Bonchev–Trinajstić information content (AvgIpc) is 3.07. The molecular formula is C19H19FN2O3. The Bertz CT molecular complexity index is 818. The predicted octanol–water partition coefficient (Wildman–Crippen LogP) is 3.54. The number of amides is 1. The maximum Gasteiger partial charge on any atom is 0.240 e. The molecule has 1 atom stereocenters. The second kappa shape index (κ2) is 6.93. The first-order chi connectivity index (χ1) is 12.0. The number of nitrogens with zero attached hydrogens (tertiary/aromatic N) is 2. The maximum absolute atomic E-state index is 13.2. The first-order valence-electron chi connectivity index (χ1n) is 7.88. The number of methoxy groups -OCH3 is 2. The summed E-state index contributed by atoms with van der Waals surface area (Å²) in [5, 5.41) is 5.92. The van der Waals surface area contributed by atoms with E-state index in [1.807, 2.05) is 12.1 Å². The lowest BCUT2D eigenvalue weighted by Crippen LogP contribution is -2.24. The van der Waals surface area contributed by atoms with E-state index in [-0.39, 0.29) is 17.8 Å². The van der Waals surface area contributed by atoms with Crippen LogP contribution in [-0.4, -0.2) is 30.8 Å². The quantitative estimate of drug-likeness (QED) is 0.854. The number of carbonyl (C=O) groups excluding carboxylic acids is 1. The van der Waals surface area contributed by atoms with Crippen LogP contribution >= 0.6 is 0 Å². The van der Waals surface area contributed by atoms with Crippen LogP contribution in [0.25, 0.3) is 0 Å². The van der Waals surface area contributed by atoms with Crippen molar-refractivity contribution in [2.45, 2.75) is 19.4 Å². The van der Waals surface area contributed by atoms with Crippen LogP contribution in [0.3, 0.4) is 0 Å². The van der Waals surface area contributed by atoms with Crippen LogP contribution in [0.5, 0.6) is 11.5 Å². The molecule has 2 aromatic carbocycles. The number of hydrogen-bond acceptors (Lipinski definition) is 4. The molecule has 6 heteroatoms. The zero-order valence-electron chi connectivity index (χ0n) is 14.3. The first-order valence-corrected chi connectivity index (χ1v) is 7.88. The summed E-state index contributed by atoms with van der Waals surface area (Å²) in [4.78, 5) is 12.0. The highest BCUT2D eigenvalue weighted by atomic mass is 19.1. The van der Waals surface area contributed by atoms with Gasteiger partial charge in [-0.3, -0.25) is 4.79 Å². The van der Waals surface area contributed by atoms with E-state index in [0.29, 0.717) is 17.9 Å². The molecule has 0 aliphatic carbocycles. The lowest BCUT2D eigenvalue weighted by molar-refractivity contribution is -0.130. The number of rotatable bonds is 4. The van der Waals surface area contributed by atoms with Crippen LogP contribution in [0.2, 0.25) is 0 Å². The predicted molar refractivity (Wildman–Crippen MR) is 92.4 cm³/mol. The van der Waals surface area contributed by atoms with Crippen LogP contribution < -0.4 is 9.47 Å². The Morgan fingerprint density at radius 1 is 1.16 bits per heavy atom. The Hall–Kier alpha value is -2.89. The first kappa shape index (κ1) is 17.0. The van der Waals surface area contributed by atoms with Crippen LogP contribution in [0.1, 0.15) is 30.5 Å². The molecular weight excluding hydrogens is 323 g/mol. The average molecular weight is 342 g/mol. The molecule has 1 heterocycles. The van der Waals surface area contributed by atoms with E-state index in [1.165, 1.54) is 24.1 Å². The van der Waals surface area contributed by atoms with Gasteiger partial charge in [-0.25, -0.2) is 9.40 Å². The molecule has 130 valence electrons. The Morgan fingerprint density at radius 2 is 1.88 bits per heavy atom. The van der Waals surface area contributed by atoms with Crippen LogP contribution in [0, 0.1) is 5.82 Å². The normalized spacial score (nSPS) is 16.6. The van der Waals surface area contributed by atoms with Crippen molar-refractivity contribution in [2.24, 2.45) is 5.10 Å². The fourth-order valence-corrected chi connectivity index (χ4v) is 2.94. The topological polar surface area (TPSA) is 51.1 Å². The van der Waals surface area contributed by atoms with Gasteiger partial charge in [-0.2, -0.15) is 5.10 Å². The highest BCUT2D eigenvalue weighted by Gasteiger charge is 2.32. The molecule has 0 aromatic heterocycles. The minimum atomic E-state index is -0.311. The standard InChI is InChI=1S/C19H19FN2O3/c1-12(23)22-18(13-4-6-14(20)7-5-13)11-17(21-22)16-9-8-15(24-2)10-19(16)25-3/h4-10,18H,11H2,1-3H3/t18-/m1/s1. The molecule has 2 aromatic rings. The SMILES string of the molecule is COc1ccc(C2=NN(C(C)=O)[C@@H](c3ccc(F)cc3)C2)c(OC)c1. The molecule has 0 saturated heterocycles. The minimum Gasteiger partial charge on any atom is -0.497 e.